The van der Waals surface area contributed by atoms with Crippen LogP contribution in [0.1, 0.15) is 5.56 Å². The average Bonchev–Trinajstić information content (AvgIpc) is 3.47. The van der Waals surface area contributed by atoms with Crippen LogP contribution in [0.4, 0.5) is 11.6 Å². The van der Waals surface area contributed by atoms with Crippen molar-refractivity contribution in [3.63, 3.8) is 0 Å². The Hall–Kier alpha value is -3.44. The lowest BCUT2D eigenvalue weighted by atomic mass is 10.1. The number of fused-ring (bicyclic) bond motifs is 1. The molecule has 3 N–H and O–H groups in total. The number of aryl methyl sites for hydroxylation is 1. The molecule has 35 heavy (non-hydrogen) atoms. The number of nitrogens with zero attached hydrogens (tertiary/aromatic N) is 4. The molecular formula is C23H19Cl2N7O2S. The molecule has 0 aliphatic heterocycles. The van der Waals surface area contributed by atoms with E-state index < -0.39 is 10.0 Å². The lowest BCUT2D eigenvalue weighted by Crippen LogP contribution is -2.23. The van der Waals surface area contributed by atoms with Gasteiger partial charge >= 0.3 is 0 Å². The van der Waals surface area contributed by atoms with Gasteiger partial charge in [-0.15, -0.1) is 5.10 Å². The van der Waals surface area contributed by atoms with Gasteiger partial charge in [0.2, 0.25) is 16.0 Å². The van der Waals surface area contributed by atoms with Gasteiger partial charge in [0.25, 0.3) is 0 Å². The van der Waals surface area contributed by atoms with Crippen molar-refractivity contribution in [1.29, 1.82) is 0 Å². The molecule has 178 valence electrons. The molecule has 5 rings (SSSR count). The Morgan fingerprint density at radius 1 is 1.06 bits per heavy atom. The van der Waals surface area contributed by atoms with Crippen molar-refractivity contribution in [1.82, 2.24) is 29.7 Å². The summed E-state index contributed by atoms with van der Waals surface area (Å²) in [5.41, 5.74) is 3.10. The first kappa shape index (κ1) is 23.3. The van der Waals surface area contributed by atoms with Gasteiger partial charge in [-0.2, -0.15) is 10.1 Å². The number of benzene rings is 3. The fourth-order valence-corrected chi connectivity index (χ4v) is 5.06. The van der Waals surface area contributed by atoms with E-state index in [1.807, 2.05) is 36.4 Å². The smallest absolute Gasteiger partial charge is 0.240 e. The molecule has 0 bridgehead atoms. The third-order valence-electron chi connectivity index (χ3n) is 5.35. The van der Waals surface area contributed by atoms with Crippen LogP contribution in [0.5, 0.6) is 0 Å². The number of hydrogen-bond donors (Lipinski definition) is 3. The summed E-state index contributed by atoms with van der Waals surface area (Å²) in [5, 5.41) is 16.3. The van der Waals surface area contributed by atoms with E-state index in [9.17, 15) is 8.42 Å². The highest BCUT2D eigenvalue weighted by Gasteiger charge is 2.15. The van der Waals surface area contributed by atoms with Gasteiger partial charge in [0.05, 0.1) is 27.3 Å². The molecule has 0 amide bonds. The summed E-state index contributed by atoms with van der Waals surface area (Å²) in [5.74, 6) is 1.03. The van der Waals surface area contributed by atoms with Crippen molar-refractivity contribution in [2.75, 3.05) is 5.32 Å². The van der Waals surface area contributed by atoms with E-state index in [-0.39, 0.29) is 11.4 Å². The molecule has 3 aromatic carbocycles. The third-order valence-corrected chi connectivity index (χ3v) is 7.39. The molecule has 0 aliphatic rings. The van der Waals surface area contributed by atoms with E-state index in [4.69, 9.17) is 23.2 Å². The Bertz CT molecular complexity index is 1630. The molecule has 0 atom stereocenters. The maximum absolute atomic E-state index is 12.5. The van der Waals surface area contributed by atoms with Gasteiger partial charge < -0.3 is 5.32 Å². The normalized spacial score (nSPS) is 11.7. The first-order valence-electron chi connectivity index (χ1n) is 10.4. The first-order valence-corrected chi connectivity index (χ1v) is 12.7. The summed E-state index contributed by atoms with van der Waals surface area (Å²) in [6, 6.07) is 17.2. The Kier molecular flexibility index (Phi) is 6.20. The van der Waals surface area contributed by atoms with Crippen LogP contribution in [0.2, 0.25) is 10.0 Å². The van der Waals surface area contributed by atoms with Crippen molar-refractivity contribution < 1.29 is 8.42 Å². The van der Waals surface area contributed by atoms with Crippen LogP contribution in [0.15, 0.2) is 71.8 Å². The second kappa shape index (κ2) is 9.31. The van der Waals surface area contributed by atoms with E-state index >= 15 is 0 Å². The van der Waals surface area contributed by atoms with Gasteiger partial charge in [0, 0.05) is 29.6 Å². The molecule has 0 radical (unpaired) electrons. The second-order valence-electron chi connectivity index (χ2n) is 7.74. The van der Waals surface area contributed by atoms with E-state index in [0.717, 1.165) is 22.0 Å². The number of H-pyrrole nitrogens is 1. The average molecular weight is 528 g/mol. The van der Waals surface area contributed by atoms with Crippen LogP contribution in [0.3, 0.4) is 0 Å². The van der Waals surface area contributed by atoms with Crippen LogP contribution < -0.4 is 10.0 Å². The number of anilines is 2. The Morgan fingerprint density at radius 2 is 1.86 bits per heavy atom. The number of hydrogen-bond acceptors (Lipinski definition) is 6. The molecular weight excluding hydrogens is 509 g/mol. The monoisotopic (exact) mass is 527 g/mol. The summed E-state index contributed by atoms with van der Waals surface area (Å²) in [6.45, 7) is 0.132. The summed E-state index contributed by atoms with van der Waals surface area (Å²) in [7, 11) is -1.90. The zero-order chi connectivity index (χ0) is 24.6. The van der Waals surface area contributed by atoms with Crippen LogP contribution in [-0.4, -0.2) is 33.4 Å². The van der Waals surface area contributed by atoms with E-state index in [1.54, 1.807) is 30.1 Å². The Labute approximate surface area is 211 Å². The van der Waals surface area contributed by atoms with Crippen molar-refractivity contribution in [2.45, 2.75) is 11.4 Å². The molecule has 5 aromatic rings. The zero-order valence-electron chi connectivity index (χ0n) is 18.3. The van der Waals surface area contributed by atoms with Gasteiger partial charge in [-0.05, 0) is 35.9 Å². The maximum atomic E-state index is 12.5. The van der Waals surface area contributed by atoms with Crippen LogP contribution in [0.25, 0.3) is 22.3 Å². The fourth-order valence-electron chi connectivity index (χ4n) is 3.48. The van der Waals surface area contributed by atoms with Gasteiger partial charge in [0.1, 0.15) is 0 Å². The quantitative estimate of drug-likeness (QED) is 0.277. The third kappa shape index (κ3) is 4.87. The van der Waals surface area contributed by atoms with Crippen molar-refractivity contribution >= 4 is 55.8 Å². The number of nitrogens with one attached hydrogen (secondary N) is 3. The molecule has 0 spiro atoms. The van der Waals surface area contributed by atoms with Crippen LogP contribution in [0, 0.1) is 0 Å². The summed E-state index contributed by atoms with van der Waals surface area (Å²) >= 11 is 12.4. The molecule has 2 heterocycles. The molecule has 9 nitrogen and oxygen atoms in total. The lowest BCUT2D eigenvalue weighted by molar-refractivity contribution is 0.581. The molecule has 0 fully saturated rings. The van der Waals surface area contributed by atoms with Gasteiger partial charge in [0.15, 0.2) is 5.82 Å². The van der Waals surface area contributed by atoms with E-state index in [0.29, 0.717) is 27.5 Å². The van der Waals surface area contributed by atoms with Crippen molar-refractivity contribution in [2.24, 2.45) is 7.05 Å². The number of sulfonamides is 1. The minimum Gasteiger partial charge on any atom is -0.323 e. The Balaban J connectivity index is 1.30. The topological polar surface area (TPSA) is 118 Å². The SMILES string of the molecule is Cn1nc(-c2ccc(CNS(=O)(=O)c3cccc(Cl)c3)cc2)nc1Nc1ccc2[nH]ncc2c1Cl. The second-order valence-corrected chi connectivity index (χ2v) is 10.3. The minimum atomic E-state index is -3.68. The first-order chi connectivity index (χ1) is 16.8. The Morgan fingerprint density at radius 3 is 2.63 bits per heavy atom. The van der Waals surface area contributed by atoms with Gasteiger partial charge in [-0.3, -0.25) is 5.10 Å². The molecule has 0 saturated heterocycles. The van der Waals surface area contributed by atoms with E-state index in [1.165, 1.54) is 12.1 Å². The highest BCUT2D eigenvalue weighted by atomic mass is 35.5. The summed E-state index contributed by atoms with van der Waals surface area (Å²) < 4.78 is 29.2. The summed E-state index contributed by atoms with van der Waals surface area (Å²) in [4.78, 5) is 4.70. The molecule has 0 aliphatic carbocycles. The highest BCUT2D eigenvalue weighted by molar-refractivity contribution is 7.89. The predicted molar refractivity (Wildman–Crippen MR) is 136 cm³/mol. The molecule has 2 aromatic heterocycles. The molecule has 0 saturated carbocycles. The van der Waals surface area contributed by atoms with Gasteiger partial charge in [-0.1, -0.05) is 53.5 Å². The van der Waals surface area contributed by atoms with Crippen molar-refractivity contribution in [3.05, 3.63) is 82.5 Å². The number of aromatic nitrogens is 5. The fraction of sp³-hybridized carbons (Fsp3) is 0.0870. The maximum Gasteiger partial charge on any atom is 0.240 e. The number of halogens is 2. The predicted octanol–water partition coefficient (Wildman–Crippen LogP) is 4.89. The molecule has 0 unspecified atom stereocenters. The molecule has 12 heteroatoms. The lowest BCUT2D eigenvalue weighted by Gasteiger charge is -2.07. The zero-order valence-corrected chi connectivity index (χ0v) is 20.7. The standard InChI is InChI=1S/C23H19Cl2N7O2S/c1-32-23(28-20-10-9-19-18(21(20)25)13-26-30-19)29-22(31-32)15-7-5-14(6-8-15)12-27-35(33,34)17-4-2-3-16(24)11-17/h2-11,13,27H,12H2,1H3,(H,26,30)(H,28,29,31). The minimum absolute atomic E-state index is 0.117. The van der Waals surface area contributed by atoms with Crippen LogP contribution in [-0.2, 0) is 23.6 Å². The van der Waals surface area contributed by atoms with Crippen LogP contribution >= 0.6 is 23.2 Å². The number of rotatable bonds is 7. The summed E-state index contributed by atoms with van der Waals surface area (Å²) in [6.07, 6.45) is 1.67. The van der Waals surface area contributed by atoms with Crippen molar-refractivity contribution in [3.8, 4) is 11.4 Å². The largest absolute Gasteiger partial charge is 0.323 e. The number of aromatic amines is 1. The van der Waals surface area contributed by atoms with Gasteiger partial charge in [-0.25, -0.2) is 17.8 Å². The highest BCUT2D eigenvalue weighted by Crippen LogP contribution is 2.32. The van der Waals surface area contributed by atoms with E-state index in [2.05, 4.69) is 30.3 Å².